The Morgan fingerprint density at radius 2 is 1.70 bits per heavy atom. The van der Waals surface area contributed by atoms with E-state index < -0.39 is 0 Å². The summed E-state index contributed by atoms with van der Waals surface area (Å²) in [5.41, 5.74) is 4.71. The second kappa shape index (κ2) is 7.29. The molecule has 0 fully saturated rings. The number of benzene rings is 3. The van der Waals surface area contributed by atoms with Gasteiger partial charge in [-0.05, 0) is 48.9 Å². The first-order chi connectivity index (χ1) is 13.2. The van der Waals surface area contributed by atoms with Gasteiger partial charge in [-0.2, -0.15) is 0 Å². The lowest BCUT2D eigenvalue weighted by atomic mass is 10.1. The zero-order valence-electron chi connectivity index (χ0n) is 14.9. The van der Waals surface area contributed by atoms with Gasteiger partial charge in [0, 0.05) is 28.8 Å². The van der Waals surface area contributed by atoms with E-state index in [9.17, 15) is 4.79 Å². The van der Waals surface area contributed by atoms with E-state index >= 15 is 0 Å². The molecule has 0 saturated carbocycles. The summed E-state index contributed by atoms with van der Waals surface area (Å²) in [6.45, 7) is 3.01. The van der Waals surface area contributed by atoms with Crippen LogP contribution in [0.2, 0.25) is 5.02 Å². The number of rotatable bonds is 4. The average Bonchev–Trinajstić information content (AvgIpc) is 3.06. The minimum absolute atomic E-state index is 0.210. The smallest absolute Gasteiger partial charge is 0.257 e. The van der Waals surface area contributed by atoms with E-state index in [-0.39, 0.29) is 5.91 Å². The summed E-state index contributed by atoms with van der Waals surface area (Å²) >= 11 is 6.13. The standard InChI is InChI=1S/C23H19ClN2O/c1-2-26-21-13-12-18(25-23(27)19-10-6-7-11-20(19)24)14-17(21)15-22(26)16-8-4-3-5-9-16/h3-15H,2H2,1H3,(H,25,27). The van der Waals surface area contributed by atoms with E-state index in [1.807, 2.05) is 42.5 Å². The van der Waals surface area contributed by atoms with Gasteiger partial charge in [-0.25, -0.2) is 0 Å². The molecule has 1 N–H and O–H groups in total. The lowest BCUT2D eigenvalue weighted by Crippen LogP contribution is -2.12. The molecule has 3 aromatic carbocycles. The summed E-state index contributed by atoms with van der Waals surface area (Å²) in [4.78, 5) is 12.5. The number of hydrogen-bond acceptors (Lipinski definition) is 1. The van der Waals surface area contributed by atoms with Gasteiger partial charge in [-0.15, -0.1) is 0 Å². The monoisotopic (exact) mass is 374 g/mol. The lowest BCUT2D eigenvalue weighted by molar-refractivity contribution is 0.102. The second-order valence-electron chi connectivity index (χ2n) is 6.35. The van der Waals surface area contributed by atoms with Gasteiger partial charge in [0.05, 0.1) is 10.6 Å². The third-order valence-corrected chi connectivity index (χ3v) is 4.99. The molecule has 134 valence electrons. The Morgan fingerprint density at radius 3 is 2.44 bits per heavy atom. The van der Waals surface area contributed by atoms with Gasteiger partial charge in [-0.3, -0.25) is 4.79 Å². The normalized spacial score (nSPS) is 10.9. The summed E-state index contributed by atoms with van der Waals surface area (Å²) in [7, 11) is 0. The number of hydrogen-bond donors (Lipinski definition) is 1. The van der Waals surface area contributed by atoms with Crippen LogP contribution < -0.4 is 5.32 Å². The Balaban J connectivity index is 1.71. The highest BCUT2D eigenvalue weighted by atomic mass is 35.5. The molecule has 0 unspecified atom stereocenters. The average molecular weight is 375 g/mol. The van der Waals surface area contributed by atoms with Crippen LogP contribution in [0.4, 0.5) is 5.69 Å². The van der Waals surface area contributed by atoms with Crippen molar-refractivity contribution in [3.8, 4) is 11.3 Å². The first-order valence-corrected chi connectivity index (χ1v) is 9.30. The van der Waals surface area contributed by atoms with Crippen molar-refractivity contribution < 1.29 is 4.79 Å². The maximum Gasteiger partial charge on any atom is 0.257 e. The summed E-state index contributed by atoms with van der Waals surface area (Å²) in [6.07, 6.45) is 0. The Morgan fingerprint density at radius 1 is 0.963 bits per heavy atom. The number of carbonyl (C=O) groups is 1. The second-order valence-corrected chi connectivity index (χ2v) is 6.75. The van der Waals surface area contributed by atoms with E-state index in [2.05, 4.69) is 35.0 Å². The molecule has 3 nitrogen and oxygen atoms in total. The Kier molecular flexibility index (Phi) is 4.69. The van der Waals surface area contributed by atoms with Crippen LogP contribution >= 0.6 is 11.6 Å². The molecular weight excluding hydrogens is 356 g/mol. The molecule has 0 atom stereocenters. The summed E-state index contributed by atoms with van der Waals surface area (Å²) in [5.74, 6) is -0.210. The van der Waals surface area contributed by atoms with Crippen LogP contribution in [0.15, 0.2) is 78.9 Å². The fourth-order valence-corrected chi connectivity index (χ4v) is 3.60. The highest BCUT2D eigenvalue weighted by Crippen LogP contribution is 2.30. The van der Waals surface area contributed by atoms with Crippen molar-refractivity contribution >= 4 is 34.1 Å². The molecule has 1 aromatic heterocycles. The SMILES string of the molecule is CCn1c(-c2ccccc2)cc2cc(NC(=O)c3ccccc3Cl)ccc21. The van der Waals surface area contributed by atoms with Crippen LogP contribution in [-0.4, -0.2) is 10.5 Å². The van der Waals surface area contributed by atoms with E-state index in [0.717, 1.165) is 23.1 Å². The first kappa shape index (κ1) is 17.4. The van der Waals surface area contributed by atoms with E-state index in [1.54, 1.807) is 18.2 Å². The van der Waals surface area contributed by atoms with Crippen molar-refractivity contribution in [2.24, 2.45) is 0 Å². The molecule has 4 rings (SSSR count). The van der Waals surface area contributed by atoms with Gasteiger partial charge in [-0.1, -0.05) is 54.1 Å². The van der Waals surface area contributed by atoms with Crippen LogP contribution in [-0.2, 0) is 6.54 Å². The first-order valence-electron chi connectivity index (χ1n) is 8.92. The molecule has 4 heteroatoms. The number of aromatic nitrogens is 1. The largest absolute Gasteiger partial charge is 0.341 e. The van der Waals surface area contributed by atoms with Gasteiger partial charge in [0.2, 0.25) is 0 Å². The van der Waals surface area contributed by atoms with Crippen LogP contribution in [0.1, 0.15) is 17.3 Å². The Labute approximate surface area is 163 Å². The minimum atomic E-state index is -0.210. The highest BCUT2D eigenvalue weighted by molar-refractivity contribution is 6.34. The molecule has 0 saturated heterocycles. The molecule has 0 aliphatic rings. The maximum atomic E-state index is 12.5. The number of halogens is 1. The van der Waals surface area contributed by atoms with Gasteiger partial charge >= 0.3 is 0 Å². The molecule has 27 heavy (non-hydrogen) atoms. The van der Waals surface area contributed by atoms with Crippen molar-refractivity contribution in [1.82, 2.24) is 4.57 Å². The molecule has 0 radical (unpaired) electrons. The van der Waals surface area contributed by atoms with Gasteiger partial charge < -0.3 is 9.88 Å². The fraction of sp³-hybridized carbons (Fsp3) is 0.0870. The third-order valence-electron chi connectivity index (χ3n) is 4.66. The van der Waals surface area contributed by atoms with Crippen LogP contribution in [0.5, 0.6) is 0 Å². The van der Waals surface area contributed by atoms with E-state index in [0.29, 0.717) is 10.6 Å². The number of fused-ring (bicyclic) bond motifs is 1. The molecule has 0 aliphatic heterocycles. The van der Waals surface area contributed by atoms with Crippen molar-refractivity contribution in [2.45, 2.75) is 13.5 Å². The van der Waals surface area contributed by atoms with Crippen molar-refractivity contribution in [1.29, 1.82) is 0 Å². The molecule has 0 aliphatic carbocycles. The van der Waals surface area contributed by atoms with Crippen molar-refractivity contribution in [2.75, 3.05) is 5.32 Å². The number of anilines is 1. The van der Waals surface area contributed by atoms with E-state index in [4.69, 9.17) is 11.6 Å². The van der Waals surface area contributed by atoms with Crippen LogP contribution in [0.25, 0.3) is 22.2 Å². The zero-order chi connectivity index (χ0) is 18.8. The molecule has 4 aromatic rings. The van der Waals surface area contributed by atoms with Crippen molar-refractivity contribution in [3.05, 3.63) is 89.4 Å². The Hall–Kier alpha value is -3.04. The predicted octanol–water partition coefficient (Wildman–Crippen LogP) is 6.23. The number of nitrogens with zero attached hydrogens (tertiary/aromatic N) is 1. The molecule has 1 heterocycles. The number of amides is 1. The third kappa shape index (κ3) is 3.34. The zero-order valence-corrected chi connectivity index (χ0v) is 15.7. The predicted molar refractivity (Wildman–Crippen MR) is 112 cm³/mol. The molecular formula is C23H19ClN2O. The number of nitrogens with one attached hydrogen (secondary N) is 1. The highest BCUT2D eigenvalue weighted by Gasteiger charge is 2.13. The molecule has 0 spiro atoms. The minimum Gasteiger partial charge on any atom is -0.341 e. The Bertz CT molecular complexity index is 1120. The molecule has 0 bridgehead atoms. The fourth-order valence-electron chi connectivity index (χ4n) is 3.38. The van der Waals surface area contributed by atoms with Gasteiger partial charge in [0.1, 0.15) is 0 Å². The van der Waals surface area contributed by atoms with Gasteiger partial charge in [0.25, 0.3) is 5.91 Å². The topological polar surface area (TPSA) is 34.0 Å². The lowest BCUT2D eigenvalue weighted by Gasteiger charge is -2.09. The summed E-state index contributed by atoms with van der Waals surface area (Å²) < 4.78 is 2.28. The van der Waals surface area contributed by atoms with E-state index in [1.165, 1.54) is 11.3 Å². The number of aryl methyl sites for hydroxylation is 1. The van der Waals surface area contributed by atoms with Crippen LogP contribution in [0.3, 0.4) is 0 Å². The quantitative estimate of drug-likeness (QED) is 0.451. The summed E-state index contributed by atoms with van der Waals surface area (Å²) in [5, 5.41) is 4.48. The number of carbonyl (C=O) groups excluding carboxylic acids is 1. The van der Waals surface area contributed by atoms with Gasteiger partial charge in [0.15, 0.2) is 0 Å². The summed E-state index contributed by atoms with van der Waals surface area (Å²) in [6, 6.07) is 25.5. The molecule has 1 amide bonds. The van der Waals surface area contributed by atoms with Crippen LogP contribution in [0, 0.1) is 0 Å². The van der Waals surface area contributed by atoms with Crippen molar-refractivity contribution in [3.63, 3.8) is 0 Å². The maximum absolute atomic E-state index is 12.5.